The number of nitrogens with zero attached hydrogens (tertiary/aromatic N) is 5. The second kappa shape index (κ2) is 9.03. The van der Waals surface area contributed by atoms with Crippen molar-refractivity contribution in [1.82, 2.24) is 10.1 Å². The van der Waals surface area contributed by atoms with E-state index in [1.54, 1.807) is 19.9 Å². The summed E-state index contributed by atoms with van der Waals surface area (Å²) in [6, 6.07) is 11.1. The van der Waals surface area contributed by atoms with Gasteiger partial charge in [0, 0.05) is 46.9 Å². The number of aromatic nitrogens is 2. The van der Waals surface area contributed by atoms with Gasteiger partial charge in [0.2, 0.25) is 0 Å². The van der Waals surface area contributed by atoms with Crippen LogP contribution in [-0.2, 0) is 0 Å². The molecule has 1 aliphatic rings. The van der Waals surface area contributed by atoms with Gasteiger partial charge >= 0.3 is 0 Å². The second-order valence-corrected chi connectivity index (χ2v) is 8.98. The van der Waals surface area contributed by atoms with Gasteiger partial charge in [0.05, 0.1) is 11.3 Å². The summed E-state index contributed by atoms with van der Waals surface area (Å²) in [5.41, 5.74) is 8.73. The van der Waals surface area contributed by atoms with E-state index in [4.69, 9.17) is 15.2 Å². The molecule has 4 aromatic rings. The Labute approximate surface area is 206 Å². The lowest BCUT2D eigenvalue weighted by atomic mass is 9.88. The molecule has 0 unspecified atom stereocenters. The molecule has 5 rings (SSSR count). The molecule has 0 bridgehead atoms. The van der Waals surface area contributed by atoms with E-state index in [2.05, 4.69) is 11.2 Å². The summed E-state index contributed by atoms with van der Waals surface area (Å²) < 4.78 is 35.7. The first-order valence-electron chi connectivity index (χ1n) is 11.5. The van der Waals surface area contributed by atoms with Crippen LogP contribution in [0.4, 0.5) is 14.6 Å². The summed E-state index contributed by atoms with van der Waals surface area (Å²) >= 11 is 0. The van der Waals surface area contributed by atoms with Crippen LogP contribution >= 0.6 is 0 Å². The zero-order chi connectivity index (χ0) is 25.6. The molecule has 0 radical (unpaired) electrons. The lowest BCUT2D eigenvalue weighted by Crippen LogP contribution is -2.40. The highest BCUT2D eigenvalue weighted by molar-refractivity contribution is 5.95. The molecule has 1 fully saturated rings. The highest BCUT2D eigenvalue weighted by Gasteiger charge is 2.28. The number of hydrogen-bond donors (Lipinski definition) is 1. The van der Waals surface area contributed by atoms with Crippen LogP contribution in [-0.4, -0.2) is 29.3 Å². The van der Waals surface area contributed by atoms with Crippen LogP contribution in [0.15, 0.2) is 34.9 Å². The molecule has 3 heterocycles. The highest BCUT2D eigenvalue weighted by Crippen LogP contribution is 2.43. The number of rotatable bonds is 3. The van der Waals surface area contributed by atoms with Crippen molar-refractivity contribution >= 4 is 16.8 Å². The zero-order valence-electron chi connectivity index (χ0n) is 19.8. The molecule has 0 spiro atoms. The highest BCUT2D eigenvalue weighted by atomic mass is 19.1. The molecule has 7 nitrogen and oxygen atoms in total. The first-order chi connectivity index (χ1) is 17.3. The van der Waals surface area contributed by atoms with Crippen LogP contribution in [0.3, 0.4) is 0 Å². The van der Waals surface area contributed by atoms with Gasteiger partial charge in [-0.15, -0.1) is 0 Å². The topological polar surface area (TPSA) is 116 Å². The Balaban J connectivity index is 1.83. The van der Waals surface area contributed by atoms with E-state index < -0.39 is 11.6 Å². The molecule has 9 heteroatoms. The number of benzene rings is 2. The number of fused-ring (bicyclic) bond motifs is 1. The van der Waals surface area contributed by atoms with E-state index in [0.717, 1.165) is 12.8 Å². The van der Waals surface area contributed by atoms with Gasteiger partial charge < -0.3 is 15.2 Å². The van der Waals surface area contributed by atoms with Crippen LogP contribution in [0.25, 0.3) is 33.2 Å². The number of aryl methyl sites for hydroxylation is 2. The molecule has 0 aliphatic carbocycles. The minimum Gasteiger partial charge on any atom is -0.356 e. The predicted molar refractivity (Wildman–Crippen MR) is 131 cm³/mol. The van der Waals surface area contributed by atoms with Gasteiger partial charge in [0.1, 0.15) is 35.2 Å². The number of piperidine rings is 1. The van der Waals surface area contributed by atoms with Gasteiger partial charge in [0.25, 0.3) is 0 Å². The van der Waals surface area contributed by atoms with Gasteiger partial charge in [0.15, 0.2) is 5.58 Å². The van der Waals surface area contributed by atoms with Crippen LogP contribution in [0, 0.1) is 48.1 Å². The largest absolute Gasteiger partial charge is 0.356 e. The molecule has 36 heavy (non-hydrogen) atoms. The zero-order valence-corrected chi connectivity index (χ0v) is 19.8. The van der Waals surface area contributed by atoms with Gasteiger partial charge in [-0.1, -0.05) is 11.2 Å². The summed E-state index contributed by atoms with van der Waals surface area (Å²) in [6.45, 7) is 4.67. The molecule has 2 aromatic carbocycles. The molecule has 1 aliphatic heterocycles. The van der Waals surface area contributed by atoms with Crippen LogP contribution in [0.1, 0.15) is 35.4 Å². The van der Waals surface area contributed by atoms with Gasteiger partial charge in [-0.25, -0.2) is 13.8 Å². The number of halogens is 2. The standard InChI is InChI=1S/C27H22F2N6O/c1-14-19-10-23(29)20(11-24(19)36-34-14)25-15(2)33-27(35-7-5-18(32)6-8-35)21(13-31)26(25)16-3-4-17(12-30)22(28)9-16/h3-4,9-11,18H,5-8,32H2,1-2H3. The maximum atomic E-state index is 15.5. The van der Waals surface area contributed by atoms with Crippen molar-refractivity contribution in [3.63, 3.8) is 0 Å². The maximum absolute atomic E-state index is 15.5. The second-order valence-electron chi connectivity index (χ2n) is 8.98. The Morgan fingerprint density at radius 2 is 1.75 bits per heavy atom. The van der Waals surface area contributed by atoms with Crippen LogP contribution in [0.2, 0.25) is 0 Å². The monoisotopic (exact) mass is 484 g/mol. The SMILES string of the molecule is Cc1nc(N2CCC(N)CC2)c(C#N)c(-c2ccc(C#N)c(F)c2)c1-c1cc2onc(C)c2cc1F. The molecule has 0 atom stereocenters. The number of nitriles is 2. The van der Waals surface area contributed by atoms with Gasteiger partial charge in [-0.3, -0.25) is 0 Å². The average Bonchev–Trinajstić information content (AvgIpc) is 3.22. The Morgan fingerprint density at radius 1 is 1.00 bits per heavy atom. The third-order valence-corrected chi connectivity index (χ3v) is 6.70. The molecule has 180 valence electrons. The van der Waals surface area contributed by atoms with Crippen molar-refractivity contribution in [2.24, 2.45) is 5.73 Å². The third kappa shape index (κ3) is 3.84. The molecular formula is C27H22F2N6O. The lowest BCUT2D eigenvalue weighted by Gasteiger charge is -2.33. The Hall–Kier alpha value is -4.34. The predicted octanol–water partition coefficient (Wildman–Crippen LogP) is 5.12. The summed E-state index contributed by atoms with van der Waals surface area (Å²) in [7, 11) is 0. The fourth-order valence-electron chi connectivity index (χ4n) is 4.78. The molecule has 0 amide bonds. The minimum atomic E-state index is -0.730. The summed E-state index contributed by atoms with van der Waals surface area (Å²) in [6.07, 6.45) is 1.48. The van der Waals surface area contributed by atoms with E-state index in [-0.39, 0.29) is 22.7 Å². The fourth-order valence-corrected chi connectivity index (χ4v) is 4.78. The first-order valence-corrected chi connectivity index (χ1v) is 11.5. The van der Waals surface area contributed by atoms with Crippen LogP contribution in [0.5, 0.6) is 0 Å². The van der Waals surface area contributed by atoms with Gasteiger partial charge in [-0.05, 0) is 56.5 Å². The third-order valence-electron chi connectivity index (χ3n) is 6.70. The van der Waals surface area contributed by atoms with Gasteiger partial charge in [-0.2, -0.15) is 10.5 Å². The Bertz CT molecular complexity index is 1590. The van der Waals surface area contributed by atoms with Crippen molar-refractivity contribution in [3.05, 3.63) is 64.5 Å². The summed E-state index contributed by atoms with van der Waals surface area (Å²) in [5.74, 6) is -0.830. The Kier molecular flexibility index (Phi) is 5.87. The van der Waals surface area contributed by atoms with E-state index >= 15 is 4.39 Å². The molecule has 2 aromatic heterocycles. The first kappa shape index (κ1) is 23.4. The summed E-state index contributed by atoms with van der Waals surface area (Å²) in [4.78, 5) is 6.73. The smallest absolute Gasteiger partial charge is 0.167 e. The minimum absolute atomic E-state index is 0.0745. The van der Waals surface area contributed by atoms with Crippen molar-refractivity contribution in [1.29, 1.82) is 10.5 Å². The quantitative estimate of drug-likeness (QED) is 0.429. The maximum Gasteiger partial charge on any atom is 0.167 e. The fraction of sp³-hybridized carbons (Fsp3) is 0.259. The van der Waals surface area contributed by atoms with E-state index in [9.17, 15) is 14.9 Å². The number of anilines is 1. The normalized spacial score (nSPS) is 14.1. The number of hydrogen-bond acceptors (Lipinski definition) is 7. The van der Waals surface area contributed by atoms with E-state index in [0.29, 0.717) is 58.0 Å². The Morgan fingerprint density at radius 3 is 2.42 bits per heavy atom. The van der Waals surface area contributed by atoms with Crippen molar-refractivity contribution in [2.45, 2.75) is 32.7 Å². The van der Waals surface area contributed by atoms with E-state index in [1.807, 2.05) is 11.0 Å². The number of nitrogens with two attached hydrogens (primary N) is 1. The molecular weight excluding hydrogens is 462 g/mol. The van der Waals surface area contributed by atoms with Crippen molar-refractivity contribution in [2.75, 3.05) is 18.0 Å². The molecule has 2 N–H and O–H groups in total. The average molecular weight is 485 g/mol. The number of pyridine rings is 1. The molecule has 1 saturated heterocycles. The summed E-state index contributed by atoms with van der Waals surface area (Å²) in [5, 5.41) is 24.0. The van der Waals surface area contributed by atoms with Crippen molar-refractivity contribution < 1.29 is 13.3 Å². The molecule has 0 saturated carbocycles. The van der Waals surface area contributed by atoms with Crippen LogP contribution < -0.4 is 10.6 Å². The lowest BCUT2D eigenvalue weighted by molar-refractivity contribution is 0.450. The van der Waals surface area contributed by atoms with Crippen molar-refractivity contribution in [3.8, 4) is 34.4 Å². The van der Waals surface area contributed by atoms with E-state index in [1.165, 1.54) is 24.3 Å².